The average Bonchev–Trinajstić information content (AvgIpc) is 3.02. The van der Waals surface area contributed by atoms with Gasteiger partial charge in [0.05, 0.1) is 10.7 Å². The molecule has 0 unspecified atom stereocenters. The number of rotatable bonds is 6. The van der Waals surface area contributed by atoms with Crippen molar-refractivity contribution in [3.63, 3.8) is 0 Å². The van der Waals surface area contributed by atoms with Crippen LogP contribution >= 0.6 is 11.8 Å². The molecule has 1 fully saturated rings. The zero-order valence-corrected chi connectivity index (χ0v) is 11.2. The molecule has 1 aromatic heterocycles. The monoisotopic (exact) mass is 239 g/mol. The van der Waals surface area contributed by atoms with E-state index in [2.05, 4.69) is 24.3 Å². The second-order valence-corrected chi connectivity index (χ2v) is 5.58. The maximum Gasteiger partial charge on any atom is 0.0984 e. The van der Waals surface area contributed by atoms with Crippen LogP contribution in [0.25, 0.3) is 0 Å². The van der Waals surface area contributed by atoms with E-state index in [1.54, 1.807) is 0 Å². The minimum absolute atomic E-state index is 0.767. The zero-order chi connectivity index (χ0) is 11.5. The van der Waals surface area contributed by atoms with E-state index in [9.17, 15) is 0 Å². The van der Waals surface area contributed by atoms with Gasteiger partial charge in [0, 0.05) is 25.2 Å². The number of aryl methyl sites for hydroxylation is 2. The molecule has 1 aliphatic carbocycles. The summed E-state index contributed by atoms with van der Waals surface area (Å²) >= 11 is 1.93. The Hall–Kier alpha value is -0.480. The van der Waals surface area contributed by atoms with Crippen molar-refractivity contribution in [1.29, 1.82) is 0 Å². The fourth-order valence-electron chi connectivity index (χ4n) is 1.80. The fraction of sp³-hybridized carbons (Fsp3) is 0.750. The molecule has 1 N–H and O–H groups in total. The lowest BCUT2D eigenvalue weighted by atomic mass is 10.2. The molecule has 0 bridgehead atoms. The second kappa shape index (κ2) is 5.23. The normalized spacial score (nSPS) is 15.7. The van der Waals surface area contributed by atoms with Crippen LogP contribution in [0.4, 0.5) is 0 Å². The van der Waals surface area contributed by atoms with Gasteiger partial charge < -0.3 is 5.32 Å². The van der Waals surface area contributed by atoms with Crippen molar-refractivity contribution in [2.24, 2.45) is 7.05 Å². The van der Waals surface area contributed by atoms with Crippen molar-refractivity contribution in [3.05, 3.63) is 11.3 Å². The second-order valence-electron chi connectivity index (χ2n) is 4.50. The topological polar surface area (TPSA) is 29.9 Å². The molecule has 1 saturated carbocycles. The van der Waals surface area contributed by atoms with Crippen LogP contribution in [0.1, 0.15) is 37.4 Å². The first-order valence-corrected chi connectivity index (χ1v) is 7.09. The van der Waals surface area contributed by atoms with E-state index in [1.807, 2.05) is 23.5 Å². The maximum atomic E-state index is 4.52. The van der Waals surface area contributed by atoms with Crippen LogP contribution in [0.15, 0.2) is 5.03 Å². The summed E-state index contributed by atoms with van der Waals surface area (Å²) in [7, 11) is 2.05. The summed E-state index contributed by atoms with van der Waals surface area (Å²) in [5.41, 5.74) is 2.57. The number of nitrogens with one attached hydrogen (secondary N) is 1. The van der Waals surface area contributed by atoms with Gasteiger partial charge in [-0.15, -0.1) is 11.8 Å². The zero-order valence-electron chi connectivity index (χ0n) is 10.4. The lowest BCUT2D eigenvalue weighted by Crippen LogP contribution is -2.16. The van der Waals surface area contributed by atoms with E-state index in [0.717, 1.165) is 12.6 Å². The number of aromatic nitrogens is 2. The van der Waals surface area contributed by atoms with Crippen molar-refractivity contribution < 1.29 is 0 Å². The van der Waals surface area contributed by atoms with Gasteiger partial charge in [-0.2, -0.15) is 5.10 Å². The van der Waals surface area contributed by atoms with E-state index in [4.69, 9.17) is 0 Å². The van der Waals surface area contributed by atoms with Gasteiger partial charge in [0.15, 0.2) is 0 Å². The summed E-state index contributed by atoms with van der Waals surface area (Å²) in [6, 6.07) is 0.767. The van der Waals surface area contributed by atoms with E-state index in [0.29, 0.717) is 0 Å². The predicted molar refractivity (Wildman–Crippen MR) is 68.8 cm³/mol. The van der Waals surface area contributed by atoms with E-state index < -0.39 is 0 Å². The minimum Gasteiger partial charge on any atom is -0.310 e. The highest BCUT2D eigenvalue weighted by atomic mass is 32.2. The molecule has 4 heteroatoms. The highest BCUT2D eigenvalue weighted by molar-refractivity contribution is 7.99. The van der Waals surface area contributed by atoms with Gasteiger partial charge in [-0.05, 0) is 31.9 Å². The van der Waals surface area contributed by atoms with E-state index >= 15 is 0 Å². The maximum absolute atomic E-state index is 4.52. The highest BCUT2D eigenvalue weighted by Crippen LogP contribution is 2.27. The molecule has 0 aromatic carbocycles. The van der Waals surface area contributed by atoms with Crippen LogP contribution in [0.3, 0.4) is 0 Å². The Labute approximate surface area is 102 Å². The molecule has 1 aromatic rings. The summed E-state index contributed by atoms with van der Waals surface area (Å²) in [5.74, 6) is 1.18. The van der Waals surface area contributed by atoms with Gasteiger partial charge in [-0.25, -0.2) is 0 Å². The number of thioether (sulfide) groups is 1. The summed E-state index contributed by atoms with van der Waals surface area (Å²) in [6.45, 7) is 5.31. The Kier molecular flexibility index (Phi) is 3.92. The van der Waals surface area contributed by atoms with Crippen molar-refractivity contribution >= 4 is 11.8 Å². The molecule has 16 heavy (non-hydrogen) atoms. The molecule has 90 valence electrons. The lowest BCUT2D eigenvalue weighted by Gasteiger charge is -2.06. The molecule has 0 atom stereocenters. The molecule has 2 rings (SSSR count). The van der Waals surface area contributed by atoms with Crippen molar-refractivity contribution in [3.8, 4) is 0 Å². The quantitative estimate of drug-likeness (QED) is 0.774. The van der Waals surface area contributed by atoms with Crippen molar-refractivity contribution in [2.45, 2.75) is 50.7 Å². The molecule has 0 amide bonds. The average molecular weight is 239 g/mol. The molecule has 3 nitrogen and oxygen atoms in total. The Morgan fingerprint density at radius 1 is 1.50 bits per heavy atom. The van der Waals surface area contributed by atoms with Crippen LogP contribution in [-0.4, -0.2) is 21.6 Å². The van der Waals surface area contributed by atoms with Crippen LogP contribution in [0.2, 0.25) is 0 Å². The summed E-state index contributed by atoms with van der Waals surface area (Å²) in [6.07, 6.45) is 3.90. The van der Waals surface area contributed by atoms with Gasteiger partial charge in [0.1, 0.15) is 0 Å². The van der Waals surface area contributed by atoms with Crippen LogP contribution < -0.4 is 5.32 Å². The number of nitrogens with zero attached hydrogens (tertiary/aromatic N) is 2. The van der Waals surface area contributed by atoms with Crippen molar-refractivity contribution in [2.75, 3.05) is 5.75 Å². The van der Waals surface area contributed by atoms with Gasteiger partial charge in [0.25, 0.3) is 0 Å². The van der Waals surface area contributed by atoms with E-state index in [-0.39, 0.29) is 0 Å². The van der Waals surface area contributed by atoms with Gasteiger partial charge in [-0.3, -0.25) is 4.68 Å². The Balaban J connectivity index is 2.05. The Morgan fingerprint density at radius 2 is 2.25 bits per heavy atom. The highest BCUT2D eigenvalue weighted by Gasteiger charge is 2.22. The minimum atomic E-state index is 0.767. The predicted octanol–water partition coefficient (Wildman–Crippen LogP) is 2.48. The van der Waals surface area contributed by atoms with Crippen LogP contribution in [0, 0.1) is 6.92 Å². The smallest absolute Gasteiger partial charge is 0.0984 e. The lowest BCUT2D eigenvalue weighted by molar-refractivity contribution is 0.658. The Bertz CT molecular complexity index is 355. The van der Waals surface area contributed by atoms with Crippen molar-refractivity contribution in [1.82, 2.24) is 15.1 Å². The third-order valence-corrected chi connectivity index (χ3v) is 4.27. The first-order chi connectivity index (χ1) is 7.72. The molecule has 0 saturated heterocycles. The van der Waals surface area contributed by atoms with Gasteiger partial charge in [-0.1, -0.05) is 6.92 Å². The standard InChI is InChI=1S/C12H21N3S/c1-4-7-16-12-11(8-13-10-5-6-10)9(2)14-15(12)3/h10,13H,4-8H2,1-3H3. The molecule has 0 aliphatic heterocycles. The molecule has 0 spiro atoms. The molecular weight excluding hydrogens is 218 g/mol. The molecule has 1 aliphatic rings. The number of hydrogen-bond acceptors (Lipinski definition) is 3. The molecule has 1 heterocycles. The third-order valence-electron chi connectivity index (χ3n) is 2.88. The molecule has 0 radical (unpaired) electrons. The summed E-state index contributed by atoms with van der Waals surface area (Å²) in [4.78, 5) is 0. The first-order valence-electron chi connectivity index (χ1n) is 6.11. The SMILES string of the molecule is CCCSc1c(CNC2CC2)c(C)nn1C. The van der Waals surface area contributed by atoms with Gasteiger partial charge >= 0.3 is 0 Å². The summed E-state index contributed by atoms with van der Waals surface area (Å²) < 4.78 is 2.03. The summed E-state index contributed by atoms with van der Waals surface area (Å²) in [5, 5.41) is 9.44. The van der Waals surface area contributed by atoms with Crippen LogP contribution in [0.5, 0.6) is 0 Å². The Morgan fingerprint density at radius 3 is 2.88 bits per heavy atom. The fourth-order valence-corrected chi connectivity index (χ4v) is 2.82. The van der Waals surface area contributed by atoms with E-state index in [1.165, 1.54) is 41.3 Å². The first kappa shape index (κ1) is 12.0. The number of hydrogen-bond donors (Lipinski definition) is 1. The molecular formula is C12H21N3S. The third kappa shape index (κ3) is 2.80. The van der Waals surface area contributed by atoms with Gasteiger partial charge in [0.2, 0.25) is 0 Å². The largest absolute Gasteiger partial charge is 0.310 e. The van der Waals surface area contributed by atoms with Crippen LogP contribution in [-0.2, 0) is 13.6 Å².